The average Bonchev–Trinajstić information content (AvgIpc) is 3.62. The predicted octanol–water partition coefficient (Wildman–Crippen LogP) is 6.50. The van der Waals surface area contributed by atoms with Crippen LogP contribution in [0.15, 0.2) is 30.5 Å². The number of pyridine rings is 1. The summed E-state index contributed by atoms with van der Waals surface area (Å²) in [5.74, 6) is 0.0260. The Bertz CT molecular complexity index is 2250. The van der Waals surface area contributed by atoms with Crippen LogP contribution in [0, 0.1) is 17.2 Å². The van der Waals surface area contributed by atoms with Gasteiger partial charge in [0.2, 0.25) is 11.8 Å². The Balaban J connectivity index is 0.861. The van der Waals surface area contributed by atoms with Crippen LogP contribution >= 0.6 is 12.2 Å². The molecule has 0 spiro atoms. The molecule has 1 saturated carbocycles. The number of nitriles is 1. The van der Waals surface area contributed by atoms with Gasteiger partial charge >= 0.3 is 6.18 Å². The van der Waals surface area contributed by atoms with Gasteiger partial charge in [-0.25, -0.2) is 4.98 Å². The molecule has 3 saturated heterocycles. The van der Waals surface area contributed by atoms with Gasteiger partial charge in [-0.3, -0.25) is 38.6 Å². The van der Waals surface area contributed by atoms with E-state index in [1.54, 1.807) is 30.5 Å². The highest BCUT2D eigenvalue weighted by atomic mass is 32.1. The third kappa shape index (κ3) is 8.87. The van der Waals surface area contributed by atoms with Crippen LogP contribution in [0.5, 0.6) is 0 Å². The number of para-hydroxylation sites is 1. The lowest BCUT2D eigenvalue weighted by atomic mass is 9.82. The normalized spacial score (nSPS) is 25.1. The first kappa shape index (κ1) is 44.1. The van der Waals surface area contributed by atoms with Crippen LogP contribution in [-0.2, 0) is 37.1 Å². The maximum absolute atomic E-state index is 13.7. The van der Waals surface area contributed by atoms with E-state index in [-0.39, 0.29) is 78.6 Å². The van der Waals surface area contributed by atoms with E-state index in [9.17, 15) is 37.6 Å². The minimum absolute atomic E-state index is 0.0465. The number of ketones is 1. The molecule has 14 nitrogen and oxygen atoms in total. The van der Waals surface area contributed by atoms with Crippen LogP contribution in [0.4, 0.5) is 30.4 Å². The van der Waals surface area contributed by atoms with Crippen molar-refractivity contribution in [1.29, 1.82) is 5.26 Å². The minimum Gasteiger partial charge on any atom is -0.378 e. The van der Waals surface area contributed by atoms with Gasteiger partial charge in [-0.1, -0.05) is 6.07 Å². The number of rotatable bonds is 11. The fourth-order valence-corrected chi connectivity index (χ4v) is 10.3. The van der Waals surface area contributed by atoms with Crippen LogP contribution in [0.2, 0.25) is 0 Å². The summed E-state index contributed by atoms with van der Waals surface area (Å²) in [5.41, 5.74) is -1.84. The third-order valence-corrected chi connectivity index (χ3v) is 13.2. The molecule has 7 rings (SSSR count). The number of aromatic nitrogens is 3. The molecular formula is C43H52F3N9O5S. The van der Waals surface area contributed by atoms with Crippen molar-refractivity contribution in [1.82, 2.24) is 24.6 Å². The Morgan fingerprint density at radius 3 is 2.46 bits per heavy atom. The Morgan fingerprint density at radius 1 is 1.10 bits per heavy atom. The molecule has 1 aromatic carbocycles. The number of hydrogen-bond donors (Lipinski definition) is 1. The van der Waals surface area contributed by atoms with E-state index in [1.165, 1.54) is 6.07 Å². The number of nitrogens with one attached hydrogen (secondary N) is 1. The number of fused-ring (bicyclic) bond motifs is 1. The standard InChI is InChI=1S/C43H52F3N9O5S/c1-25-18-31(19-26(2)53(25)24-36(57)49-34-10-6-9-32-38(34)51(5)50-39(32)52-16-15-30(56)21-37(52)58)60-17-7-8-27-11-13-28(14-12-27)55-41(61)54(40(59)42(55,3)4)29-20-33(43(44,45)46)35(22-47)48-23-29/h6,9-10,20,23,25-28,31H,7-8,11-19,21,24H2,1-5H3,(H,49,57)/t25-,26+,27?,28?,31?. The Hall–Kier alpha value is -4.99. The van der Waals surface area contributed by atoms with Crippen molar-refractivity contribution < 1.29 is 37.1 Å². The number of ether oxygens (including phenoxy) is 1. The number of likely N-dealkylation sites (tertiary alicyclic amines) is 1. The summed E-state index contributed by atoms with van der Waals surface area (Å²) in [7, 11) is 1.77. The molecule has 326 valence electrons. The lowest BCUT2D eigenvalue weighted by molar-refractivity contribution is -0.138. The molecular weight excluding hydrogens is 812 g/mol. The maximum atomic E-state index is 13.7. The first-order valence-electron chi connectivity index (χ1n) is 21.0. The quantitative estimate of drug-likeness (QED) is 0.128. The number of carbonyl (C=O) groups is 4. The van der Waals surface area contributed by atoms with Crippen molar-refractivity contribution in [3.05, 3.63) is 41.7 Å². The van der Waals surface area contributed by atoms with Crippen molar-refractivity contribution in [3.63, 3.8) is 0 Å². The lowest BCUT2D eigenvalue weighted by Crippen LogP contribution is -2.51. The molecule has 3 aromatic rings. The molecule has 61 heavy (non-hydrogen) atoms. The first-order valence-corrected chi connectivity index (χ1v) is 21.4. The van der Waals surface area contributed by atoms with Crippen LogP contribution in [0.1, 0.15) is 103 Å². The molecule has 1 N–H and O–H groups in total. The lowest BCUT2D eigenvalue weighted by Gasteiger charge is -2.42. The van der Waals surface area contributed by atoms with Gasteiger partial charge in [0.15, 0.2) is 16.6 Å². The van der Waals surface area contributed by atoms with Crippen molar-refractivity contribution in [2.45, 2.75) is 128 Å². The maximum Gasteiger partial charge on any atom is 0.419 e. The molecule has 4 aliphatic rings. The largest absolute Gasteiger partial charge is 0.419 e. The number of Topliss-reactive ketones (excluding diaryl/α,β-unsaturated/α-hetero) is 1. The Morgan fingerprint density at radius 2 is 1.80 bits per heavy atom. The van der Waals surface area contributed by atoms with Crippen LogP contribution in [0.25, 0.3) is 10.9 Å². The summed E-state index contributed by atoms with van der Waals surface area (Å²) in [6.07, 6.45) is 3.43. The van der Waals surface area contributed by atoms with Gasteiger partial charge in [-0.05, 0) is 115 Å². The Labute approximate surface area is 358 Å². The molecule has 1 aliphatic carbocycles. The van der Waals surface area contributed by atoms with E-state index < -0.39 is 28.9 Å². The topological polar surface area (TPSA) is 157 Å². The van der Waals surface area contributed by atoms with E-state index in [0.717, 1.165) is 73.9 Å². The molecule has 1 unspecified atom stereocenters. The number of thiocarbonyl (C=S) groups is 1. The number of carbonyl (C=O) groups excluding carboxylic acids is 4. The molecule has 4 fully saturated rings. The molecule has 0 radical (unpaired) electrons. The second-order valence-corrected chi connectivity index (χ2v) is 17.8. The van der Waals surface area contributed by atoms with Gasteiger partial charge in [0.25, 0.3) is 5.91 Å². The summed E-state index contributed by atoms with van der Waals surface area (Å²) in [4.78, 5) is 62.0. The minimum atomic E-state index is -4.82. The van der Waals surface area contributed by atoms with Crippen molar-refractivity contribution in [3.8, 4) is 6.07 Å². The average molecular weight is 864 g/mol. The van der Waals surface area contributed by atoms with E-state index >= 15 is 0 Å². The SMILES string of the molecule is C[C@@H]1CC(OCCCC2CCC(N3C(=S)N(c4cnc(C#N)c(C(F)(F)F)c4)C(=O)C3(C)C)CC2)C[C@H](C)N1CC(=O)Nc1cccc2c(N3CCC(=O)CC3=O)nn(C)c12. The number of benzene rings is 1. The second kappa shape index (κ2) is 17.4. The fourth-order valence-electron chi connectivity index (χ4n) is 9.77. The monoisotopic (exact) mass is 863 g/mol. The van der Waals surface area contributed by atoms with Crippen LogP contribution in [-0.4, -0.2) is 103 Å². The third-order valence-electron chi connectivity index (χ3n) is 12.9. The molecule has 0 bridgehead atoms. The zero-order chi connectivity index (χ0) is 44.0. The highest BCUT2D eigenvalue weighted by Gasteiger charge is 2.53. The number of anilines is 3. The second-order valence-electron chi connectivity index (χ2n) is 17.4. The van der Waals surface area contributed by atoms with Gasteiger partial charge in [0, 0.05) is 50.1 Å². The van der Waals surface area contributed by atoms with E-state index in [1.807, 2.05) is 23.1 Å². The smallest absolute Gasteiger partial charge is 0.378 e. The number of hydrogen-bond acceptors (Lipinski definition) is 10. The molecule has 3 atom stereocenters. The van der Waals surface area contributed by atoms with Gasteiger partial charge in [0.05, 0.1) is 47.7 Å². The van der Waals surface area contributed by atoms with Crippen LogP contribution in [0.3, 0.4) is 0 Å². The molecule has 3 aliphatic heterocycles. The van der Waals surface area contributed by atoms with E-state index in [2.05, 4.69) is 34.1 Å². The highest BCUT2D eigenvalue weighted by molar-refractivity contribution is 7.80. The molecule has 2 aromatic heterocycles. The van der Waals surface area contributed by atoms with Crippen molar-refractivity contribution in [2.75, 3.05) is 34.8 Å². The zero-order valence-electron chi connectivity index (χ0n) is 35.1. The van der Waals surface area contributed by atoms with Crippen molar-refractivity contribution >= 4 is 68.9 Å². The Kier molecular flexibility index (Phi) is 12.6. The molecule has 18 heteroatoms. The molecule has 3 amide bonds. The summed E-state index contributed by atoms with van der Waals surface area (Å²) in [5, 5.41) is 17.7. The highest BCUT2D eigenvalue weighted by Crippen LogP contribution is 2.41. The summed E-state index contributed by atoms with van der Waals surface area (Å²) in [6.45, 7) is 8.83. The fraction of sp³-hybridized carbons (Fsp3) is 0.581. The number of aryl methyl sites for hydroxylation is 1. The summed E-state index contributed by atoms with van der Waals surface area (Å²) in [6, 6.07) is 7.95. The number of amides is 3. The van der Waals surface area contributed by atoms with Crippen molar-refractivity contribution in [2.24, 2.45) is 13.0 Å². The summed E-state index contributed by atoms with van der Waals surface area (Å²) >= 11 is 5.74. The van der Waals surface area contributed by atoms with Gasteiger partial charge < -0.3 is 15.0 Å². The van der Waals surface area contributed by atoms with Crippen LogP contribution < -0.4 is 15.1 Å². The number of halogens is 3. The number of piperidine rings is 2. The summed E-state index contributed by atoms with van der Waals surface area (Å²) < 4.78 is 49.2. The number of nitrogens with zero attached hydrogens (tertiary/aromatic N) is 8. The molecule has 5 heterocycles. The number of alkyl halides is 3. The van der Waals surface area contributed by atoms with E-state index in [0.29, 0.717) is 29.5 Å². The van der Waals surface area contributed by atoms with E-state index in [4.69, 9.17) is 17.0 Å². The first-order chi connectivity index (χ1) is 28.9. The van der Waals surface area contributed by atoms with Gasteiger partial charge in [-0.15, -0.1) is 0 Å². The van der Waals surface area contributed by atoms with Gasteiger partial charge in [0.1, 0.15) is 17.4 Å². The van der Waals surface area contributed by atoms with Gasteiger partial charge in [-0.2, -0.15) is 23.5 Å². The predicted molar refractivity (Wildman–Crippen MR) is 225 cm³/mol. The zero-order valence-corrected chi connectivity index (χ0v) is 35.9.